The number of nitrogens with zero attached hydrogens (tertiary/aromatic N) is 2. The Kier molecular flexibility index (Phi) is 8.60. The highest BCUT2D eigenvalue weighted by atomic mass is 35.5. The number of carbonyl (C=O) groups excluding carboxylic acids is 2. The number of alkyl carbamates (subject to hydrolysis) is 1. The smallest absolute Gasteiger partial charge is 0.408 e. The van der Waals surface area contributed by atoms with E-state index in [1.807, 2.05) is 0 Å². The summed E-state index contributed by atoms with van der Waals surface area (Å²) >= 11 is 6.38. The quantitative estimate of drug-likeness (QED) is 0.254. The summed E-state index contributed by atoms with van der Waals surface area (Å²) in [6.45, 7) is 6.86. The Morgan fingerprint density at radius 1 is 1.00 bits per heavy atom. The largest absolute Gasteiger partial charge is 0.444 e. The number of nitrogens with one attached hydrogen (secondary N) is 3. The molecule has 1 atom stereocenters. The standard InChI is InChI=1S/C29H30ClN5O6S/c1-17(31-28(38)41-29(2,3)4)25-33-22-14-9-12-20(30)24(22)26(36)35(25)19-11-8-10-18(16-19)32-27(37)34-21-13-6-7-15-23(21)42(5,39)40/h6-17H,1-5H3,(H,31,38)(H2,32,34,37)/t17-/m0/s1. The minimum absolute atomic E-state index is 0.0318. The Hall–Kier alpha value is -4.42. The Morgan fingerprint density at radius 2 is 1.69 bits per heavy atom. The average Bonchev–Trinajstić information content (AvgIpc) is 2.87. The topological polar surface area (TPSA) is 148 Å². The normalized spacial score (nSPS) is 12.4. The van der Waals surface area contributed by atoms with Crippen LogP contribution in [0, 0.1) is 0 Å². The lowest BCUT2D eigenvalue weighted by Gasteiger charge is -2.23. The second kappa shape index (κ2) is 11.8. The first kappa shape index (κ1) is 30.5. The van der Waals surface area contributed by atoms with Crippen molar-refractivity contribution in [3.63, 3.8) is 0 Å². The zero-order valence-electron chi connectivity index (χ0n) is 23.6. The Balaban J connectivity index is 1.73. The van der Waals surface area contributed by atoms with Crippen molar-refractivity contribution in [2.24, 2.45) is 0 Å². The van der Waals surface area contributed by atoms with Gasteiger partial charge in [-0.05, 0) is 70.2 Å². The van der Waals surface area contributed by atoms with Crippen molar-refractivity contribution in [1.29, 1.82) is 0 Å². The molecule has 220 valence electrons. The monoisotopic (exact) mass is 611 g/mol. The molecule has 0 fully saturated rings. The molecule has 13 heteroatoms. The van der Waals surface area contributed by atoms with E-state index in [0.717, 1.165) is 6.26 Å². The van der Waals surface area contributed by atoms with E-state index in [-0.39, 0.29) is 26.8 Å². The van der Waals surface area contributed by atoms with Crippen LogP contribution in [0.3, 0.4) is 0 Å². The van der Waals surface area contributed by atoms with E-state index in [1.165, 1.54) is 22.8 Å². The second-order valence-corrected chi connectivity index (χ2v) is 12.9. The number of benzene rings is 3. The minimum Gasteiger partial charge on any atom is -0.444 e. The molecule has 0 aliphatic rings. The molecule has 3 amide bonds. The third-order valence-electron chi connectivity index (χ3n) is 5.89. The summed E-state index contributed by atoms with van der Waals surface area (Å²) in [5.41, 5.74) is -0.140. The van der Waals surface area contributed by atoms with Gasteiger partial charge in [-0.15, -0.1) is 0 Å². The fourth-order valence-corrected chi connectivity index (χ4v) is 5.29. The van der Waals surface area contributed by atoms with Gasteiger partial charge in [0.25, 0.3) is 5.56 Å². The van der Waals surface area contributed by atoms with E-state index in [9.17, 15) is 22.8 Å². The van der Waals surface area contributed by atoms with Crippen LogP contribution in [0.5, 0.6) is 0 Å². The first-order chi connectivity index (χ1) is 19.6. The van der Waals surface area contributed by atoms with Crippen LogP contribution in [0.25, 0.3) is 16.6 Å². The van der Waals surface area contributed by atoms with Crippen LogP contribution in [0.1, 0.15) is 39.6 Å². The van der Waals surface area contributed by atoms with Gasteiger partial charge in [0.2, 0.25) is 0 Å². The number of para-hydroxylation sites is 1. The molecule has 11 nitrogen and oxygen atoms in total. The molecule has 0 spiro atoms. The van der Waals surface area contributed by atoms with Gasteiger partial charge in [0.15, 0.2) is 9.84 Å². The predicted molar refractivity (Wildman–Crippen MR) is 162 cm³/mol. The summed E-state index contributed by atoms with van der Waals surface area (Å²) in [5, 5.41) is 8.31. The van der Waals surface area contributed by atoms with E-state index < -0.39 is 39.2 Å². The molecule has 4 aromatic rings. The number of aromatic nitrogens is 2. The summed E-state index contributed by atoms with van der Waals surface area (Å²) in [6.07, 6.45) is 0.357. The molecule has 1 aromatic heterocycles. The highest BCUT2D eigenvalue weighted by Crippen LogP contribution is 2.25. The molecule has 1 heterocycles. The van der Waals surface area contributed by atoms with Gasteiger partial charge in [0.05, 0.1) is 38.2 Å². The number of sulfone groups is 1. The van der Waals surface area contributed by atoms with Gasteiger partial charge in [-0.2, -0.15) is 0 Å². The molecular formula is C29H30ClN5O6S. The fraction of sp³-hybridized carbons (Fsp3) is 0.241. The Labute approximate surface area is 247 Å². The summed E-state index contributed by atoms with van der Waals surface area (Å²) in [7, 11) is -3.59. The zero-order valence-corrected chi connectivity index (χ0v) is 25.1. The molecule has 3 aromatic carbocycles. The minimum atomic E-state index is -3.59. The molecule has 3 N–H and O–H groups in total. The number of fused-ring (bicyclic) bond motifs is 1. The van der Waals surface area contributed by atoms with Crippen molar-refractivity contribution in [2.75, 3.05) is 16.9 Å². The van der Waals surface area contributed by atoms with Crippen LogP contribution in [0.2, 0.25) is 5.02 Å². The van der Waals surface area contributed by atoms with Gasteiger partial charge in [-0.1, -0.05) is 35.9 Å². The maximum absolute atomic E-state index is 13.8. The second-order valence-electron chi connectivity index (χ2n) is 10.5. The molecule has 0 aliphatic heterocycles. The lowest BCUT2D eigenvalue weighted by molar-refractivity contribution is 0.0505. The molecule has 4 rings (SSSR count). The van der Waals surface area contributed by atoms with Crippen molar-refractivity contribution < 1.29 is 22.7 Å². The third-order valence-corrected chi connectivity index (χ3v) is 7.36. The van der Waals surface area contributed by atoms with Gasteiger partial charge in [0.1, 0.15) is 11.4 Å². The molecule has 0 radical (unpaired) electrons. The van der Waals surface area contributed by atoms with Crippen molar-refractivity contribution in [3.05, 3.63) is 87.9 Å². The Morgan fingerprint density at radius 3 is 2.38 bits per heavy atom. The molecule has 0 aliphatic carbocycles. The number of hydrogen-bond donors (Lipinski definition) is 3. The van der Waals surface area contributed by atoms with Crippen LogP contribution >= 0.6 is 11.6 Å². The van der Waals surface area contributed by atoms with E-state index in [4.69, 9.17) is 16.3 Å². The number of anilines is 2. The molecule has 0 bridgehead atoms. The number of urea groups is 1. The highest BCUT2D eigenvalue weighted by molar-refractivity contribution is 7.90. The first-order valence-electron chi connectivity index (χ1n) is 12.8. The van der Waals surface area contributed by atoms with Crippen LogP contribution in [-0.4, -0.2) is 42.0 Å². The predicted octanol–water partition coefficient (Wildman–Crippen LogP) is 5.67. The van der Waals surface area contributed by atoms with Crippen LogP contribution < -0.4 is 21.5 Å². The fourth-order valence-electron chi connectivity index (χ4n) is 4.20. The van der Waals surface area contributed by atoms with Crippen LogP contribution in [0.4, 0.5) is 21.0 Å². The van der Waals surface area contributed by atoms with E-state index >= 15 is 0 Å². The number of ether oxygens (including phenoxy) is 1. The van der Waals surface area contributed by atoms with Gasteiger partial charge < -0.3 is 20.7 Å². The lowest BCUT2D eigenvalue weighted by atomic mass is 10.2. The number of rotatable bonds is 6. The van der Waals surface area contributed by atoms with Gasteiger partial charge in [-0.3, -0.25) is 9.36 Å². The Bertz CT molecular complexity index is 1850. The molecule has 0 saturated carbocycles. The first-order valence-corrected chi connectivity index (χ1v) is 15.1. The molecule has 0 unspecified atom stereocenters. The summed E-state index contributed by atoms with van der Waals surface area (Å²) in [4.78, 5) is 43.8. The summed E-state index contributed by atoms with van der Waals surface area (Å²) < 4.78 is 30.9. The van der Waals surface area contributed by atoms with Gasteiger partial charge in [-0.25, -0.2) is 23.0 Å². The van der Waals surface area contributed by atoms with Crippen molar-refractivity contribution in [1.82, 2.24) is 14.9 Å². The van der Waals surface area contributed by atoms with Gasteiger partial charge in [0, 0.05) is 11.9 Å². The summed E-state index contributed by atoms with van der Waals surface area (Å²) in [6, 6.07) is 15.8. The lowest BCUT2D eigenvalue weighted by Crippen LogP contribution is -2.37. The maximum Gasteiger partial charge on any atom is 0.408 e. The molecule has 42 heavy (non-hydrogen) atoms. The maximum atomic E-state index is 13.8. The van der Waals surface area contributed by atoms with Crippen LogP contribution in [-0.2, 0) is 14.6 Å². The number of carbonyl (C=O) groups is 2. The van der Waals surface area contributed by atoms with Crippen molar-refractivity contribution in [2.45, 2.75) is 44.2 Å². The third kappa shape index (κ3) is 7.07. The van der Waals surface area contributed by atoms with Crippen LogP contribution in [0.15, 0.2) is 76.4 Å². The van der Waals surface area contributed by atoms with E-state index in [1.54, 1.807) is 76.2 Å². The number of amides is 3. The number of hydrogen-bond acceptors (Lipinski definition) is 7. The highest BCUT2D eigenvalue weighted by Gasteiger charge is 2.24. The van der Waals surface area contributed by atoms with E-state index in [2.05, 4.69) is 20.9 Å². The average molecular weight is 612 g/mol. The zero-order chi connectivity index (χ0) is 30.8. The number of halogens is 1. The van der Waals surface area contributed by atoms with Crippen molar-refractivity contribution >= 4 is 55.8 Å². The van der Waals surface area contributed by atoms with Crippen molar-refractivity contribution in [3.8, 4) is 5.69 Å². The SMILES string of the molecule is C[C@H](NC(=O)OC(C)(C)C)c1nc2cccc(Cl)c2c(=O)n1-c1cccc(NC(=O)Nc2ccccc2S(C)(=O)=O)c1. The molecular weight excluding hydrogens is 582 g/mol. The summed E-state index contributed by atoms with van der Waals surface area (Å²) in [5.74, 6) is 0.198. The van der Waals surface area contributed by atoms with Gasteiger partial charge >= 0.3 is 12.1 Å². The molecule has 0 saturated heterocycles. The van der Waals surface area contributed by atoms with E-state index in [0.29, 0.717) is 16.9 Å².